The smallest absolute Gasteiger partial charge is 0.240 e. The molecule has 4 rings (SSSR count). The van der Waals surface area contributed by atoms with Crippen LogP contribution in [0.1, 0.15) is 23.2 Å². The zero-order valence-corrected chi connectivity index (χ0v) is 15.6. The van der Waals surface area contributed by atoms with Gasteiger partial charge >= 0.3 is 0 Å². The van der Waals surface area contributed by atoms with Gasteiger partial charge in [-0.15, -0.1) is 0 Å². The summed E-state index contributed by atoms with van der Waals surface area (Å²) in [6.45, 7) is 0.433. The van der Waals surface area contributed by atoms with Crippen molar-refractivity contribution >= 4 is 11.8 Å². The molecule has 28 heavy (non-hydrogen) atoms. The van der Waals surface area contributed by atoms with Crippen LogP contribution in [0.15, 0.2) is 66.7 Å². The maximum Gasteiger partial charge on any atom is 0.240 e. The van der Waals surface area contributed by atoms with Crippen LogP contribution in [-0.2, 0) is 29.0 Å². The van der Waals surface area contributed by atoms with Gasteiger partial charge in [0.25, 0.3) is 0 Å². The summed E-state index contributed by atoms with van der Waals surface area (Å²) in [5.41, 5.74) is 10.9. The average molecular weight is 373 g/mol. The minimum Gasteiger partial charge on any atom is -0.368 e. The van der Waals surface area contributed by atoms with Crippen LogP contribution >= 0.6 is 0 Å². The predicted octanol–water partition coefficient (Wildman–Crippen LogP) is 3.05. The van der Waals surface area contributed by atoms with Crippen molar-refractivity contribution in [3.63, 3.8) is 0 Å². The average Bonchev–Trinajstić information content (AvgIpc) is 3.20. The Balaban J connectivity index is 1.44. The minimum absolute atomic E-state index is 0.0471. The fourth-order valence-electron chi connectivity index (χ4n) is 3.80. The molecule has 1 atom stereocenters. The van der Waals surface area contributed by atoms with E-state index in [1.165, 1.54) is 0 Å². The van der Waals surface area contributed by atoms with Crippen LogP contribution < -0.4 is 5.73 Å². The van der Waals surface area contributed by atoms with E-state index in [1.807, 2.05) is 66.7 Å². The number of aromatic nitrogens is 1. The largest absolute Gasteiger partial charge is 0.368 e. The third kappa shape index (κ3) is 3.69. The lowest BCUT2D eigenvalue weighted by molar-refractivity contribution is -0.140. The van der Waals surface area contributed by atoms with Crippen molar-refractivity contribution in [2.24, 2.45) is 5.73 Å². The number of fused-ring (bicyclic) bond motifs is 1. The summed E-state index contributed by atoms with van der Waals surface area (Å²) in [6, 6.07) is 21.4. The Kier molecular flexibility index (Phi) is 4.98. The molecule has 0 bridgehead atoms. The van der Waals surface area contributed by atoms with Crippen molar-refractivity contribution in [2.75, 3.05) is 0 Å². The standard InChI is InChI=1S/C23H23N3O2/c24-23(28)21-14-17-8-4-5-9-18(17)15-26(21)22(27)13-11-19-10-12-20(25-19)16-6-2-1-3-7-16/h1-10,12,21,25H,11,13-15H2,(H2,24,28)/t21-/m0/s1. The molecular formula is C23H23N3O2. The molecule has 3 aromatic rings. The molecule has 1 aliphatic heterocycles. The molecule has 5 heteroatoms. The fraction of sp³-hybridized carbons (Fsp3) is 0.217. The van der Waals surface area contributed by atoms with E-state index >= 15 is 0 Å². The molecule has 0 radical (unpaired) electrons. The zero-order chi connectivity index (χ0) is 19.5. The highest BCUT2D eigenvalue weighted by molar-refractivity contribution is 5.87. The molecule has 0 spiro atoms. The molecule has 0 aliphatic carbocycles. The number of aromatic amines is 1. The second-order valence-electron chi connectivity index (χ2n) is 7.18. The summed E-state index contributed by atoms with van der Waals surface area (Å²) >= 11 is 0. The van der Waals surface area contributed by atoms with Crippen molar-refractivity contribution in [1.29, 1.82) is 0 Å². The van der Waals surface area contributed by atoms with E-state index in [0.717, 1.165) is 28.1 Å². The molecule has 0 saturated heterocycles. The summed E-state index contributed by atoms with van der Waals surface area (Å²) in [4.78, 5) is 29.8. The van der Waals surface area contributed by atoms with Crippen LogP contribution in [0.5, 0.6) is 0 Å². The number of hydrogen-bond donors (Lipinski definition) is 2. The van der Waals surface area contributed by atoms with Gasteiger partial charge in [0.2, 0.25) is 11.8 Å². The molecule has 142 valence electrons. The van der Waals surface area contributed by atoms with E-state index in [-0.39, 0.29) is 5.91 Å². The third-order valence-electron chi connectivity index (χ3n) is 5.34. The van der Waals surface area contributed by atoms with Gasteiger partial charge in [-0.3, -0.25) is 9.59 Å². The van der Waals surface area contributed by atoms with Gasteiger partial charge in [-0.2, -0.15) is 0 Å². The second-order valence-corrected chi connectivity index (χ2v) is 7.18. The van der Waals surface area contributed by atoms with E-state index in [9.17, 15) is 9.59 Å². The van der Waals surface area contributed by atoms with Crippen LogP contribution in [0.3, 0.4) is 0 Å². The number of carbonyl (C=O) groups excluding carboxylic acids is 2. The van der Waals surface area contributed by atoms with Gasteiger partial charge in [-0.1, -0.05) is 54.6 Å². The van der Waals surface area contributed by atoms with Gasteiger partial charge in [0.1, 0.15) is 6.04 Å². The Labute approximate surface area is 164 Å². The lowest BCUT2D eigenvalue weighted by Crippen LogP contribution is -2.51. The molecule has 2 heterocycles. The molecular weight excluding hydrogens is 350 g/mol. The lowest BCUT2D eigenvalue weighted by atomic mass is 9.93. The number of rotatable bonds is 5. The van der Waals surface area contributed by atoms with Crippen molar-refractivity contribution < 1.29 is 9.59 Å². The van der Waals surface area contributed by atoms with Crippen molar-refractivity contribution in [3.8, 4) is 11.3 Å². The summed E-state index contributed by atoms with van der Waals surface area (Å²) in [7, 11) is 0. The highest BCUT2D eigenvalue weighted by atomic mass is 16.2. The maximum absolute atomic E-state index is 12.9. The number of amides is 2. The minimum atomic E-state index is -0.578. The number of aryl methyl sites for hydroxylation is 1. The Morgan fingerprint density at radius 3 is 2.43 bits per heavy atom. The van der Waals surface area contributed by atoms with E-state index in [4.69, 9.17) is 5.73 Å². The van der Waals surface area contributed by atoms with E-state index in [2.05, 4.69) is 4.98 Å². The van der Waals surface area contributed by atoms with Gasteiger partial charge in [0.15, 0.2) is 0 Å². The molecule has 1 aromatic heterocycles. The first-order chi connectivity index (χ1) is 13.6. The Morgan fingerprint density at radius 2 is 1.68 bits per heavy atom. The quantitative estimate of drug-likeness (QED) is 0.721. The van der Waals surface area contributed by atoms with Crippen molar-refractivity contribution in [1.82, 2.24) is 9.88 Å². The number of nitrogens with zero attached hydrogens (tertiary/aromatic N) is 1. The summed E-state index contributed by atoms with van der Waals surface area (Å²) in [5, 5.41) is 0. The van der Waals surface area contributed by atoms with Crippen molar-refractivity contribution in [2.45, 2.75) is 31.8 Å². The number of carbonyl (C=O) groups is 2. The summed E-state index contributed by atoms with van der Waals surface area (Å²) in [6.07, 6.45) is 1.41. The monoisotopic (exact) mass is 373 g/mol. The molecule has 2 aromatic carbocycles. The first-order valence-corrected chi connectivity index (χ1v) is 9.50. The van der Waals surface area contributed by atoms with Gasteiger partial charge < -0.3 is 15.6 Å². The summed E-state index contributed by atoms with van der Waals surface area (Å²) < 4.78 is 0. The predicted molar refractivity (Wildman–Crippen MR) is 108 cm³/mol. The molecule has 3 N–H and O–H groups in total. The number of benzene rings is 2. The molecule has 0 fully saturated rings. The molecule has 5 nitrogen and oxygen atoms in total. The van der Waals surface area contributed by atoms with Gasteiger partial charge in [-0.05, 0) is 35.2 Å². The number of primary amides is 1. The molecule has 0 saturated carbocycles. The number of hydrogen-bond acceptors (Lipinski definition) is 2. The normalized spacial score (nSPS) is 15.9. The van der Waals surface area contributed by atoms with Crippen LogP contribution in [0.4, 0.5) is 0 Å². The van der Waals surface area contributed by atoms with Crippen LogP contribution in [0.2, 0.25) is 0 Å². The molecule has 1 aliphatic rings. The molecule has 2 amide bonds. The highest BCUT2D eigenvalue weighted by Gasteiger charge is 2.32. The second kappa shape index (κ2) is 7.72. The lowest BCUT2D eigenvalue weighted by Gasteiger charge is -2.35. The van der Waals surface area contributed by atoms with Crippen LogP contribution in [0.25, 0.3) is 11.3 Å². The first kappa shape index (κ1) is 18.0. The third-order valence-corrected chi connectivity index (χ3v) is 5.34. The van der Waals surface area contributed by atoms with Crippen LogP contribution in [-0.4, -0.2) is 27.7 Å². The Morgan fingerprint density at radius 1 is 0.964 bits per heavy atom. The van der Waals surface area contributed by atoms with E-state index in [1.54, 1.807) is 4.90 Å². The molecule has 0 unspecified atom stereocenters. The van der Waals surface area contributed by atoms with E-state index in [0.29, 0.717) is 25.8 Å². The number of nitrogens with one attached hydrogen (secondary N) is 1. The Hall–Kier alpha value is -3.34. The van der Waals surface area contributed by atoms with E-state index < -0.39 is 11.9 Å². The Bertz CT molecular complexity index is 994. The first-order valence-electron chi connectivity index (χ1n) is 9.50. The van der Waals surface area contributed by atoms with Gasteiger partial charge in [-0.25, -0.2) is 0 Å². The zero-order valence-electron chi connectivity index (χ0n) is 15.6. The van der Waals surface area contributed by atoms with Gasteiger partial charge in [0.05, 0.1) is 0 Å². The maximum atomic E-state index is 12.9. The number of nitrogens with two attached hydrogens (primary N) is 1. The van der Waals surface area contributed by atoms with Crippen molar-refractivity contribution in [3.05, 3.63) is 83.6 Å². The fourth-order valence-corrected chi connectivity index (χ4v) is 3.80. The number of H-pyrrole nitrogens is 1. The van der Waals surface area contributed by atoms with Crippen LogP contribution in [0, 0.1) is 0 Å². The van der Waals surface area contributed by atoms with Gasteiger partial charge in [0, 0.05) is 30.8 Å². The SMILES string of the molecule is NC(=O)[C@@H]1Cc2ccccc2CN1C(=O)CCc1ccc(-c2ccccc2)[nH]1. The highest BCUT2D eigenvalue weighted by Crippen LogP contribution is 2.24. The summed E-state index contributed by atoms with van der Waals surface area (Å²) in [5.74, 6) is -0.497. The topological polar surface area (TPSA) is 79.2 Å².